The van der Waals surface area contributed by atoms with Crippen LogP contribution in [0, 0.1) is 6.92 Å². The summed E-state index contributed by atoms with van der Waals surface area (Å²) in [5.41, 5.74) is 1.91. The first kappa shape index (κ1) is 21.4. The molecule has 0 saturated heterocycles. The predicted molar refractivity (Wildman–Crippen MR) is 108 cm³/mol. The summed E-state index contributed by atoms with van der Waals surface area (Å²) >= 11 is 5.88. The molecule has 5 nitrogen and oxygen atoms in total. The maximum atomic E-state index is 13.2. The van der Waals surface area contributed by atoms with Gasteiger partial charge in [0.1, 0.15) is 0 Å². The Hall–Kier alpha value is -1.89. The highest BCUT2D eigenvalue weighted by atomic mass is 35.5. The molecule has 0 aliphatic rings. The Morgan fingerprint density at radius 3 is 2.04 bits per heavy atom. The number of hydrogen-bond acceptors (Lipinski definition) is 3. The van der Waals surface area contributed by atoms with Gasteiger partial charge in [-0.15, -0.1) is 0 Å². The Labute approximate surface area is 166 Å². The van der Waals surface area contributed by atoms with Gasteiger partial charge in [-0.05, 0) is 50.6 Å². The second-order valence-electron chi connectivity index (χ2n) is 6.28. The zero-order valence-electron chi connectivity index (χ0n) is 15.9. The standard InChI is InChI=1S/C20H25ClN2O3S/c1-4-22(5-2)20(24)15-23(14-17-8-6-16(3)7-9-17)27(25,26)19-12-10-18(21)11-13-19/h6-13H,4-5,14-15H2,1-3H3. The lowest BCUT2D eigenvalue weighted by molar-refractivity contribution is -0.131. The van der Waals surface area contributed by atoms with E-state index in [9.17, 15) is 13.2 Å². The van der Waals surface area contributed by atoms with Crippen molar-refractivity contribution in [1.29, 1.82) is 0 Å². The molecular formula is C20H25ClN2O3S. The molecule has 2 aromatic rings. The lowest BCUT2D eigenvalue weighted by atomic mass is 10.1. The molecule has 0 unspecified atom stereocenters. The van der Waals surface area contributed by atoms with Gasteiger partial charge in [0.05, 0.1) is 11.4 Å². The van der Waals surface area contributed by atoms with E-state index < -0.39 is 10.0 Å². The lowest BCUT2D eigenvalue weighted by Crippen LogP contribution is -2.42. The Morgan fingerprint density at radius 1 is 0.963 bits per heavy atom. The smallest absolute Gasteiger partial charge is 0.243 e. The second-order valence-corrected chi connectivity index (χ2v) is 8.65. The molecule has 0 saturated carbocycles. The maximum Gasteiger partial charge on any atom is 0.243 e. The number of sulfonamides is 1. The van der Waals surface area contributed by atoms with Crippen LogP contribution in [0.1, 0.15) is 25.0 Å². The summed E-state index contributed by atoms with van der Waals surface area (Å²) < 4.78 is 27.5. The van der Waals surface area contributed by atoms with Crippen molar-refractivity contribution < 1.29 is 13.2 Å². The zero-order valence-corrected chi connectivity index (χ0v) is 17.4. The molecule has 0 aliphatic heterocycles. The molecule has 0 radical (unpaired) electrons. The molecule has 0 heterocycles. The maximum absolute atomic E-state index is 13.2. The van der Waals surface area contributed by atoms with Gasteiger partial charge >= 0.3 is 0 Å². The van der Waals surface area contributed by atoms with Gasteiger partial charge in [-0.3, -0.25) is 4.79 Å². The number of carbonyl (C=O) groups is 1. The Balaban J connectivity index is 2.36. The molecule has 1 amide bonds. The minimum Gasteiger partial charge on any atom is -0.342 e. The summed E-state index contributed by atoms with van der Waals surface area (Å²) in [5.74, 6) is -0.218. The van der Waals surface area contributed by atoms with Crippen molar-refractivity contribution in [1.82, 2.24) is 9.21 Å². The molecule has 7 heteroatoms. The van der Waals surface area contributed by atoms with Gasteiger partial charge in [0, 0.05) is 24.7 Å². The van der Waals surface area contributed by atoms with Crippen LogP contribution in [0.5, 0.6) is 0 Å². The summed E-state index contributed by atoms with van der Waals surface area (Å²) in [6.07, 6.45) is 0. The largest absolute Gasteiger partial charge is 0.342 e. The summed E-state index contributed by atoms with van der Waals surface area (Å²) in [4.78, 5) is 14.3. The monoisotopic (exact) mass is 408 g/mol. The van der Waals surface area contributed by atoms with Crippen molar-refractivity contribution in [3.63, 3.8) is 0 Å². The van der Waals surface area contributed by atoms with Crippen molar-refractivity contribution in [3.05, 3.63) is 64.7 Å². The highest BCUT2D eigenvalue weighted by Gasteiger charge is 2.28. The third-order valence-electron chi connectivity index (χ3n) is 4.36. The van der Waals surface area contributed by atoms with Crippen LogP contribution in [0.15, 0.2) is 53.4 Å². The summed E-state index contributed by atoms with van der Waals surface area (Å²) in [5, 5.41) is 0.457. The van der Waals surface area contributed by atoms with Crippen molar-refractivity contribution in [2.75, 3.05) is 19.6 Å². The minimum absolute atomic E-state index is 0.117. The molecular weight excluding hydrogens is 384 g/mol. The van der Waals surface area contributed by atoms with E-state index >= 15 is 0 Å². The molecule has 0 fully saturated rings. The zero-order chi connectivity index (χ0) is 20.0. The molecule has 146 valence electrons. The van der Waals surface area contributed by atoms with Crippen LogP contribution in [0.2, 0.25) is 5.02 Å². The van der Waals surface area contributed by atoms with E-state index in [1.54, 1.807) is 4.90 Å². The molecule has 2 aromatic carbocycles. The van der Waals surface area contributed by atoms with E-state index in [1.807, 2.05) is 45.0 Å². The second kappa shape index (κ2) is 9.35. The highest BCUT2D eigenvalue weighted by molar-refractivity contribution is 7.89. The molecule has 0 N–H and O–H groups in total. The number of rotatable bonds is 8. The molecule has 0 aromatic heterocycles. The normalized spacial score (nSPS) is 11.6. The number of likely N-dealkylation sites (N-methyl/N-ethyl adjacent to an activating group) is 1. The fourth-order valence-electron chi connectivity index (χ4n) is 2.71. The van der Waals surface area contributed by atoms with Crippen molar-refractivity contribution in [3.8, 4) is 0 Å². The van der Waals surface area contributed by atoms with Crippen LogP contribution in [-0.2, 0) is 21.4 Å². The first-order chi connectivity index (χ1) is 12.8. The van der Waals surface area contributed by atoms with Crippen LogP contribution in [0.25, 0.3) is 0 Å². The van der Waals surface area contributed by atoms with Crippen LogP contribution >= 0.6 is 11.6 Å². The number of nitrogens with zero attached hydrogens (tertiary/aromatic N) is 2. The van der Waals surface area contributed by atoms with Crippen LogP contribution < -0.4 is 0 Å². The van der Waals surface area contributed by atoms with Crippen LogP contribution in [-0.4, -0.2) is 43.2 Å². The fourth-order valence-corrected chi connectivity index (χ4v) is 4.21. The number of amides is 1. The number of carbonyl (C=O) groups excluding carboxylic acids is 1. The highest BCUT2D eigenvalue weighted by Crippen LogP contribution is 2.21. The number of benzene rings is 2. The van der Waals surface area contributed by atoms with Gasteiger partial charge in [-0.2, -0.15) is 4.31 Å². The number of halogens is 1. The summed E-state index contributed by atoms with van der Waals surface area (Å²) in [6.45, 7) is 6.71. The Morgan fingerprint density at radius 2 is 1.52 bits per heavy atom. The van der Waals surface area contributed by atoms with E-state index in [-0.39, 0.29) is 23.9 Å². The Kier molecular flexibility index (Phi) is 7.41. The van der Waals surface area contributed by atoms with E-state index in [0.29, 0.717) is 18.1 Å². The average Bonchev–Trinajstić information content (AvgIpc) is 2.64. The number of aryl methyl sites for hydroxylation is 1. The lowest BCUT2D eigenvalue weighted by Gasteiger charge is -2.26. The van der Waals surface area contributed by atoms with E-state index in [1.165, 1.54) is 28.6 Å². The molecule has 0 aliphatic carbocycles. The van der Waals surface area contributed by atoms with Crippen molar-refractivity contribution >= 4 is 27.5 Å². The molecule has 0 atom stereocenters. The van der Waals surface area contributed by atoms with Crippen LogP contribution in [0.3, 0.4) is 0 Å². The van der Waals surface area contributed by atoms with Gasteiger partial charge in [0.2, 0.25) is 15.9 Å². The number of hydrogen-bond donors (Lipinski definition) is 0. The van der Waals surface area contributed by atoms with Gasteiger partial charge < -0.3 is 4.90 Å². The molecule has 27 heavy (non-hydrogen) atoms. The first-order valence-electron chi connectivity index (χ1n) is 8.87. The van der Waals surface area contributed by atoms with E-state index in [2.05, 4.69) is 0 Å². The Bertz CT molecular complexity index is 861. The van der Waals surface area contributed by atoms with E-state index in [4.69, 9.17) is 11.6 Å². The minimum atomic E-state index is -3.84. The molecule has 0 bridgehead atoms. The first-order valence-corrected chi connectivity index (χ1v) is 10.7. The van der Waals surface area contributed by atoms with Gasteiger partial charge in [0.15, 0.2) is 0 Å². The molecule has 0 spiro atoms. The van der Waals surface area contributed by atoms with Crippen LogP contribution in [0.4, 0.5) is 0 Å². The van der Waals surface area contributed by atoms with E-state index in [0.717, 1.165) is 11.1 Å². The van der Waals surface area contributed by atoms with Gasteiger partial charge in [-0.1, -0.05) is 41.4 Å². The van der Waals surface area contributed by atoms with Crippen molar-refractivity contribution in [2.45, 2.75) is 32.2 Å². The topological polar surface area (TPSA) is 57.7 Å². The van der Waals surface area contributed by atoms with Gasteiger partial charge in [0.25, 0.3) is 0 Å². The SMILES string of the molecule is CCN(CC)C(=O)CN(Cc1ccc(C)cc1)S(=O)(=O)c1ccc(Cl)cc1. The van der Waals surface area contributed by atoms with Crippen molar-refractivity contribution in [2.24, 2.45) is 0 Å². The van der Waals surface area contributed by atoms with Gasteiger partial charge in [-0.25, -0.2) is 8.42 Å². The fraction of sp³-hybridized carbons (Fsp3) is 0.350. The summed E-state index contributed by atoms with van der Waals surface area (Å²) in [6, 6.07) is 13.6. The predicted octanol–water partition coefficient (Wildman–Crippen LogP) is 3.71. The summed E-state index contributed by atoms with van der Waals surface area (Å²) in [7, 11) is -3.84. The third-order valence-corrected chi connectivity index (χ3v) is 6.42. The quantitative estimate of drug-likeness (QED) is 0.669. The molecule has 2 rings (SSSR count). The average molecular weight is 409 g/mol. The third kappa shape index (κ3) is 5.54.